The van der Waals surface area contributed by atoms with Crippen LogP contribution in [-0.4, -0.2) is 66.5 Å². The summed E-state index contributed by atoms with van der Waals surface area (Å²) in [5, 5.41) is 14.3. The minimum Gasteiger partial charge on any atom is -0.389 e. The van der Waals surface area contributed by atoms with E-state index in [0.717, 1.165) is 16.9 Å². The van der Waals surface area contributed by atoms with Crippen molar-refractivity contribution in [3.63, 3.8) is 0 Å². The third-order valence-electron chi connectivity index (χ3n) is 5.52. The van der Waals surface area contributed by atoms with Crippen LogP contribution in [0.2, 0.25) is 0 Å². The van der Waals surface area contributed by atoms with E-state index in [1.54, 1.807) is 10.9 Å². The maximum Gasteiger partial charge on any atom is 0.425 e. The predicted molar refractivity (Wildman–Crippen MR) is 120 cm³/mol. The van der Waals surface area contributed by atoms with E-state index in [-0.39, 0.29) is 24.5 Å². The molecule has 1 atom stereocenters. The minimum atomic E-state index is -4.49. The Morgan fingerprint density at radius 1 is 1.27 bits per heavy atom. The van der Waals surface area contributed by atoms with Crippen LogP contribution in [0.3, 0.4) is 0 Å². The Bertz CT molecular complexity index is 1030. The van der Waals surface area contributed by atoms with E-state index in [1.165, 1.54) is 13.2 Å². The zero-order valence-electron chi connectivity index (χ0n) is 18.8. The number of hydrogen-bond acceptors (Lipinski definition) is 7. The van der Waals surface area contributed by atoms with Gasteiger partial charge in [0.25, 0.3) is 0 Å². The standard InChI is InChI=1S/C21H30F3N3O4S2/c1-15(28)19-17-5-9-31-10-7-26(6-3-4-18(17)32-20(19)21(22,23)24)13-16-12-25-27(14-16)8-11-33(2,29)30/h12,14-15,28H,3-11,13H2,1-2H3. The van der Waals surface area contributed by atoms with Crippen molar-refractivity contribution in [2.24, 2.45) is 0 Å². The van der Waals surface area contributed by atoms with Gasteiger partial charge in [-0.05, 0) is 38.3 Å². The molecule has 3 rings (SSSR count). The molecule has 0 saturated carbocycles. The third kappa shape index (κ3) is 7.51. The number of halogens is 3. The molecule has 12 heteroatoms. The average molecular weight is 510 g/mol. The first-order valence-electron chi connectivity index (χ1n) is 10.8. The van der Waals surface area contributed by atoms with E-state index in [1.807, 2.05) is 6.20 Å². The number of hydrogen-bond donors (Lipinski definition) is 1. The third-order valence-corrected chi connectivity index (χ3v) is 7.79. The Morgan fingerprint density at radius 2 is 2.03 bits per heavy atom. The molecule has 1 N–H and O–H groups in total. The van der Waals surface area contributed by atoms with Gasteiger partial charge in [-0.2, -0.15) is 18.3 Å². The van der Waals surface area contributed by atoms with E-state index in [4.69, 9.17) is 4.74 Å². The Kier molecular flexibility index (Phi) is 8.60. The van der Waals surface area contributed by atoms with Crippen LogP contribution >= 0.6 is 11.3 Å². The molecule has 1 aliphatic rings. The van der Waals surface area contributed by atoms with Crippen LogP contribution in [0.5, 0.6) is 0 Å². The van der Waals surface area contributed by atoms with Crippen LogP contribution in [0.15, 0.2) is 12.4 Å². The molecule has 2 aromatic heterocycles. The van der Waals surface area contributed by atoms with Crippen molar-refractivity contribution in [2.45, 2.75) is 51.6 Å². The van der Waals surface area contributed by atoms with Crippen molar-refractivity contribution in [1.82, 2.24) is 14.7 Å². The molecule has 1 unspecified atom stereocenters. The van der Waals surface area contributed by atoms with Crippen molar-refractivity contribution < 1.29 is 31.4 Å². The minimum absolute atomic E-state index is 0.0105. The van der Waals surface area contributed by atoms with E-state index < -0.39 is 27.0 Å². The van der Waals surface area contributed by atoms with E-state index in [9.17, 15) is 26.7 Å². The summed E-state index contributed by atoms with van der Waals surface area (Å²) in [4.78, 5) is 2.12. The molecule has 0 amide bonds. The highest BCUT2D eigenvalue weighted by Gasteiger charge is 2.39. The molecular weight excluding hydrogens is 479 g/mol. The van der Waals surface area contributed by atoms with Crippen molar-refractivity contribution in [3.05, 3.63) is 38.8 Å². The lowest BCUT2D eigenvalue weighted by atomic mass is 9.99. The second-order valence-corrected chi connectivity index (χ2v) is 11.8. The maximum atomic E-state index is 13.6. The van der Waals surface area contributed by atoms with Crippen molar-refractivity contribution >= 4 is 21.2 Å². The molecule has 2 aromatic rings. The van der Waals surface area contributed by atoms with Gasteiger partial charge >= 0.3 is 6.18 Å². The summed E-state index contributed by atoms with van der Waals surface area (Å²) < 4.78 is 70.7. The monoisotopic (exact) mass is 509 g/mol. The number of nitrogens with zero attached hydrogens (tertiary/aromatic N) is 3. The fourth-order valence-electron chi connectivity index (χ4n) is 3.99. The molecule has 3 heterocycles. The topological polar surface area (TPSA) is 84.7 Å². The highest BCUT2D eigenvalue weighted by atomic mass is 32.2. The summed E-state index contributed by atoms with van der Waals surface area (Å²) in [6.45, 7) is 4.32. The fraction of sp³-hybridized carbons (Fsp3) is 0.667. The predicted octanol–water partition coefficient (Wildman–Crippen LogP) is 3.07. The van der Waals surface area contributed by atoms with Crippen LogP contribution in [0.1, 0.15) is 45.9 Å². The number of aromatic nitrogens is 2. The van der Waals surface area contributed by atoms with Gasteiger partial charge in [-0.25, -0.2) is 8.42 Å². The lowest BCUT2D eigenvalue weighted by Gasteiger charge is -2.21. The first kappa shape index (κ1) is 26.1. The van der Waals surface area contributed by atoms with Gasteiger partial charge in [0, 0.05) is 41.5 Å². The zero-order valence-corrected chi connectivity index (χ0v) is 20.4. The van der Waals surface area contributed by atoms with Crippen LogP contribution < -0.4 is 0 Å². The second kappa shape index (κ2) is 10.9. The number of sulfone groups is 1. The van der Waals surface area contributed by atoms with Crippen LogP contribution in [0.4, 0.5) is 13.2 Å². The zero-order chi connectivity index (χ0) is 24.2. The van der Waals surface area contributed by atoms with Crippen molar-refractivity contribution in [3.8, 4) is 0 Å². The molecule has 0 aliphatic carbocycles. The highest BCUT2D eigenvalue weighted by molar-refractivity contribution is 7.90. The molecule has 1 aliphatic heterocycles. The molecule has 186 valence electrons. The van der Waals surface area contributed by atoms with Gasteiger partial charge in [0.15, 0.2) is 0 Å². The van der Waals surface area contributed by atoms with Gasteiger partial charge in [-0.15, -0.1) is 11.3 Å². The maximum absolute atomic E-state index is 13.6. The average Bonchev–Trinajstić information content (AvgIpc) is 3.28. The molecule has 0 fully saturated rings. The molecule has 0 saturated heterocycles. The van der Waals surface area contributed by atoms with Crippen LogP contribution in [-0.2, 0) is 46.7 Å². The number of alkyl halides is 3. The SMILES string of the molecule is CC(O)c1c(C(F)(F)F)sc2c1CCOCCN(Cc1cnn(CCS(C)(=O)=O)c1)CCC2. The molecule has 7 nitrogen and oxygen atoms in total. The van der Waals surface area contributed by atoms with Gasteiger partial charge in [0.05, 0.1) is 37.8 Å². The first-order valence-corrected chi connectivity index (χ1v) is 13.7. The van der Waals surface area contributed by atoms with Gasteiger partial charge < -0.3 is 9.84 Å². The molecule has 0 bridgehead atoms. The Hall–Kier alpha value is -1.47. The first-order chi connectivity index (χ1) is 15.4. The molecule has 0 spiro atoms. The van der Waals surface area contributed by atoms with Gasteiger partial charge in [0.2, 0.25) is 0 Å². The molecule has 0 aromatic carbocycles. The molecule has 33 heavy (non-hydrogen) atoms. The molecule has 0 radical (unpaired) electrons. The van der Waals surface area contributed by atoms with E-state index in [2.05, 4.69) is 10.00 Å². The number of ether oxygens (including phenoxy) is 1. The van der Waals surface area contributed by atoms with E-state index in [0.29, 0.717) is 55.9 Å². The lowest BCUT2D eigenvalue weighted by molar-refractivity contribution is -0.135. The van der Waals surface area contributed by atoms with Crippen LogP contribution in [0.25, 0.3) is 0 Å². The Balaban J connectivity index is 1.69. The lowest BCUT2D eigenvalue weighted by Crippen LogP contribution is -2.28. The number of thiophene rings is 1. The quantitative estimate of drug-likeness (QED) is 0.645. The Labute approximate surface area is 196 Å². The number of aryl methyl sites for hydroxylation is 2. The van der Waals surface area contributed by atoms with Crippen molar-refractivity contribution in [2.75, 3.05) is 38.3 Å². The summed E-state index contributed by atoms with van der Waals surface area (Å²) in [5.41, 5.74) is 1.50. The molecular formula is C21H30F3N3O4S2. The summed E-state index contributed by atoms with van der Waals surface area (Å²) in [5.74, 6) is 0.0170. The smallest absolute Gasteiger partial charge is 0.389 e. The van der Waals surface area contributed by atoms with Gasteiger partial charge in [-0.3, -0.25) is 9.58 Å². The van der Waals surface area contributed by atoms with Gasteiger partial charge in [0.1, 0.15) is 14.7 Å². The normalized spacial score (nSPS) is 18.0. The largest absolute Gasteiger partial charge is 0.425 e. The summed E-state index contributed by atoms with van der Waals surface area (Å²) in [6.07, 6.45) is 0.538. The number of aliphatic hydroxyl groups excluding tert-OH is 1. The summed E-state index contributed by atoms with van der Waals surface area (Å²) >= 11 is 0.737. The van der Waals surface area contributed by atoms with Crippen molar-refractivity contribution in [1.29, 1.82) is 0 Å². The number of fused-ring (bicyclic) bond motifs is 1. The van der Waals surface area contributed by atoms with Gasteiger partial charge in [-0.1, -0.05) is 0 Å². The fourth-order valence-corrected chi connectivity index (χ4v) is 5.85. The number of aliphatic hydroxyl groups is 1. The highest BCUT2D eigenvalue weighted by Crippen LogP contribution is 2.44. The summed E-state index contributed by atoms with van der Waals surface area (Å²) in [6, 6.07) is 0. The second-order valence-electron chi connectivity index (χ2n) is 8.40. The summed E-state index contributed by atoms with van der Waals surface area (Å²) in [7, 11) is -3.07. The number of rotatable bonds is 6. The Morgan fingerprint density at radius 3 is 2.70 bits per heavy atom. The van der Waals surface area contributed by atoms with E-state index >= 15 is 0 Å². The van der Waals surface area contributed by atoms with Crippen LogP contribution in [0, 0.1) is 0 Å².